The molecule has 0 radical (unpaired) electrons. The smallest absolute Gasteiger partial charge is 0.0705 e. The third kappa shape index (κ3) is 1.85. The van der Waals surface area contributed by atoms with Gasteiger partial charge in [-0.3, -0.25) is 4.98 Å². The highest BCUT2D eigenvalue weighted by Crippen LogP contribution is 2.21. The molecule has 70 valence electrons. The summed E-state index contributed by atoms with van der Waals surface area (Å²) >= 11 is 3.32. The van der Waals surface area contributed by atoms with E-state index in [0.29, 0.717) is 5.69 Å². The van der Waals surface area contributed by atoms with Crippen LogP contribution >= 0.6 is 15.9 Å². The van der Waals surface area contributed by atoms with Gasteiger partial charge in [0.05, 0.1) is 12.5 Å². The maximum absolute atomic E-state index is 7.87. The molecule has 0 saturated heterocycles. The molecule has 0 aliphatic heterocycles. The van der Waals surface area contributed by atoms with Crippen molar-refractivity contribution in [3.05, 3.63) is 52.5 Å². The second kappa shape index (κ2) is 3.93. The molecule has 14 heavy (non-hydrogen) atoms. The predicted molar refractivity (Wildman–Crippen MR) is 62.1 cm³/mol. The summed E-state index contributed by atoms with van der Waals surface area (Å²) in [5.74, 6) is 0. The van der Waals surface area contributed by atoms with E-state index in [1.165, 1.54) is 0 Å². The maximum Gasteiger partial charge on any atom is 0.0705 e. The molecule has 2 heteroatoms. The second-order valence-electron chi connectivity index (χ2n) is 2.82. The molecule has 0 saturated carbocycles. The molecule has 0 bridgehead atoms. The molecular formula is C12H10BrN. The lowest BCUT2D eigenvalue weighted by Gasteiger charge is -2.02. The maximum atomic E-state index is 7.87. The third-order valence-corrected chi connectivity index (χ3v) is 2.63. The first-order valence-corrected chi connectivity index (χ1v) is 4.83. The van der Waals surface area contributed by atoms with E-state index in [4.69, 9.17) is 6.85 Å². The Morgan fingerprint density at radius 3 is 2.64 bits per heavy atom. The minimum atomic E-state index is -0.396. The zero-order chi connectivity index (χ0) is 14.3. The Morgan fingerprint density at radius 2 is 2.00 bits per heavy atom. The Kier molecular flexibility index (Phi) is 1.42. The van der Waals surface area contributed by atoms with Gasteiger partial charge >= 0.3 is 0 Å². The first-order chi connectivity index (χ1) is 8.84. The Balaban J connectivity index is 2.79. The van der Waals surface area contributed by atoms with E-state index in [0.717, 1.165) is 10.0 Å². The van der Waals surface area contributed by atoms with Gasteiger partial charge in [0.2, 0.25) is 0 Å². The summed E-state index contributed by atoms with van der Waals surface area (Å²) in [5, 5.41) is 0. The molecule has 0 amide bonds. The quantitative estimate of drug-likeness (QED) is 0.752. The van der Waals surface area contributed by atoms with Crippen molar-refractivity contribution in [2.24, 2.45) is 0 Å². The van der Waals surface area contributed by atoms with Crippen molar-refractivity contribution in [3.8, 4) is 11.3 Å². The average Bonchev–Trinajstić information content (AvgIpc) is 2.38. The van der Waals surface area contributed by atoms with Crippen LogP contribution in [0.3, 0.4) is 0 Å². The van der Waals surface area contributed by atoms with Crippen LogP contribution in [0.2, 0.25) is 0 Å². The number of rotatable bonds is 1. The molecule has 1 aromatic carbocycles. The van der Waals surface area contributed by atoms with Gasteiger partial charge < -0.3 is 0 Å². The van der Waals surface area contributed by atoms with Crippen LogP contribution in [-0.2, 0) is 0 Å². The van der Waals surface area contributed by atoms with E-state index in [1.807, 2.05) is 6.92 Å². The number of hydrogen-bond acceptors (Lipinski definition) is 1. The van der Waals surface area contributed by atoms with Gasteiger partial charge in [0.1, 0.15) is 0 Å². The molecule has 0 spiro atoms. The molecule has 0 atom stereocenters. The fourth-order valence-electron chi connectivity index (χ4n) is 1.05. The molecule has 0 unspecified atom stereocenters. The lowest BCUT2D eigenvalue weighted by molar-refractivity contribution is 1.26. The van der Waals surface area contributed by atoms with E-state index in [1.54, 1.807) is 12.3 Å². The molecule has 0 aliphatic carbocycles. The zero-order valence-corrected chi connectivity index (χ0v) is 9.07. The standard InChI is InChI=1S/C12H10BrN/c1-9-7-12(14-8-11(9)13)10-5-3-2-4-6-10/h2-8H,1H3/i2D,3D,4D,5D,6D. The number of halogens is 1. The van der Waals surface area contributed by atoms with Crippen molar-refractivity contribution in [1.29, 1.82) is 0 Å². The van der Waals surface area contributed by atoms with Gasteiger partial charge in [-0.1, -0.05) is 30.2 Å². The fraction of sp³-hybridized carbons (Fsp3) is 0.0833. The van der Waals surface area contributed by atoms with Gasteiger partial charge in [0, 0.05) is 16.2 Å². The lowest BCUT2D eigenvalue weighted by Crippen LogP contribution is -1.85. The summed E-state index contributed by atoms with van der Waals surface area (Å²) in [6.07, 6.45) is 1.56. The molecule has 2 rings (SSSR count). The van der Waals surface area contributed by atoms with E-state index in [-0.39, 0.29) is 29.7 Å². The normalized spacial score (nSPS) is 15.1. The number of benzene rings is 1. The fourth-order valence-corrected chi connectivity index (χ4v) is 1.27. The molecule has 0 fully saturated rings. The Labute approximate surface area is 99.0 Å². The van der Waals surface area contributed by atoms with Crippen LogP contribution in [0.15, 0.2) is 46.9 Å². The Hall–Kier alpha value is -1.15. The summed E-state index contributed by atoms with van der Waals surface area (Å²) in [6, 6.07) is 0.127. The average molecular weight is 253 g/mol. The van der Waals surface area contributed by atoms with Crippen molar-refractivity contribution in [3.63, 3.8) is 0 Å². The summed E-state index contributed by atoms with van der Waals surface area (Å²) < 4.78 is 39.4. The largest absolute Gasteiger partial charge is 0.255 e. The summed E-state index contributed by atoms with van der Waals surface area (Å²) in [7, 11) is 0. The SMILES string of the molecule is [2H]c1c([2H])c([2H])c(-c2cc(C)c(Br)cn2)c([2H])c1[2H]. The van der Waals surface area contributed by atoms with E-state index < -0.39 is 6.04 Å². The van der Waals surface area contributed by atoms with Crippen LogP contribution in [0.4, 0.5) is 0 Å². The van der Waals surface area contributed by atoms with Gasteiger partial charge in [-0.15, -0.1) is 0 Å². The topological polar surface area (TPSA) is 12.9 Å². The molecule has 1 aromatic heterocycles. The van der Waals surface area contributed by atoms with Crippen molar-refractivity contribution in [2.45, 2.75) is 6.92 Å². The minimum Gasteiger partial charge on any atom is -0.255 e. The third-order valence-electron chi connectivity index (χ3n) is 1.80. The van der Waals surface area contributed by atoms with Crippen molar-refractivity contribution >= 4 is 15.9 Å². The van der Waals surface area contributed by atoms with E-state index in [2.05, 4.69) is 20.9 Å². The van der Waals surface area contributed by atoms with Gasteiger partial charge in [-0.05, 0) is 34.5 Å². The van der Waals surface area contributed by atoms with Crippen LogP contribution in [-0.4, -0.2) is 4.98 Å². The molecule has 0 aliphatic rings. The molecule has 2 aromatic rings. The van der Waals surface area contributed by atoms with E-state index >= 15 is 0 Å². The highest BCUT2D eigenvalue weighted by atomic mass is 79.9. The Bertz CT molecular complexity index is 643. The van der Waals surface area contributed by atoms with Gasteiger partial charge in [0.15, 0.2) is 0 Å². The minimum absolute atomic E-state index is 0.126. The summed E-state index contributed by atoms with van der Waals surface area (Å²) in [5.41, 5.74) is 1.39. The number of aromatic nitrogens is 1. The van der Waals surface area contributed by atoms with Crippen LogP contribution in [0.1, 0.15) is 12.4 Å². The molecule has 1 nitrogen and oxygen atoms in total. The molecule has 0 N–H and O–H groups in total. The summed E-state index contributed by atoms with van der Waals surface area (Å²) in [4.78, 5) is 4.13. The number of nitrogens with zero attached hydrogens (tertiary/aromatic N) is 1. The highest BCUT2D eigenvalue weighted by molar-refractivity contribution is 9.10. The highest BCUT2D eigenvalue weighted by Gasteiger charge is 2.00. The van der Waals surface area contributed by atoms with Gasteiger partial charge in [0.25, 0.3) is 0 Å². The van der Waals surface area contributed by atoms with Gasteiger partial charge in [-0.25, -0.2) is 0 Å². The van der Waals surface area contributed by atoms with Crippen molar-refractivity contribution in [2.75, 3.05) is 0 Å². The number of aryl methyl sites for hydroxylation is 1. The van der Waals surface area contributed by atoms with Crippen LogP contribution < -0.4 is 0 Å². The Morgan fingerprint density at radius 1 is 1.29 bits per heavy atom. The molecular weight excluding hydrogens is 238 g/mol. The first-order valence-electron chi connectivity index (χ1n) is 6.54. The van der Waals surface area contributed by atoms with Crippen LogP contribution in [0.5, 0.6) is 0 Å². The van der Waals surface area contributed by atoms with Crippen molar-refractivity contribution < 1.29 is 6.85 Å². The first kappa shape index (κ1) is 5.08. The zero-order valence-electron chi connectivity index (χ0n) is 12.5. The predicted octanol–water partition coefficient (Wildman–Crippen LogP) is 3.82. The molecule has 1 heterocycles. The number of pyridine rings is 1. The van der Waals surface area contributed by atoms with Crippen molar-refractivity contribution in [1.82, 2.24) is 4.98 Å². The summed E-state index contributed by atoms with van der Waals surface area (Å²) in [6.45, 7) is 1.85. The van der Waals surface area contributed by atoms with Gasteiger partial charge in [-0.2, -0.15) is 0 Å². The van der Waals surface area contributed by atoms with Crippen LogP contribution in [0.25, 0.3) is 11.3 Å². The second-order valence-corrected chi connectivity index (χ2v) is 3.67. The van der Waals surface area contributed by atoms with E-state index in [9.17, 15) is 0 Å². The van der Waals surface area contributed by atoms with Crippen LogP contribution in [0, 0.1) is 6.92 Å². The number of hydrogen-bond donors (Lipinski definition) is 0. The monoisotopic (exact) mass is 252 g/mol. The lowest BCUT2D eigenvalue weighted by atomic mass is 10.1.